The Kier molecular flexibility index (Phi) is 5.08. The molecule has 3 heterocycles. The number of rotatable bonds is 5. The minimum Gasteiger partial charge on any atom is -0.463 e. The van der Waals surface area contributed by atoms with Gasteiger partial charge in [-0.1, -0.05) is 19.1 Å². The fraction of sp³-hybridized carbons (Fsp3) is 0.529. The molecule has 2 aromatic heterocycles. The van der Waals surface area contributed by atoms with E-state index in [2.05, 4.69) is 15.6 Å². The molecule has 2 N–H and O–H groups in total. The second-order valence-electron chi connectivity index (χ2n) is 6.76. The largest absolute Gasteiger partial charge is 0.463 e. The highest BCUT2D eigenvalue weighted by atomic mass is 16.3. The Bertz CT molecular complexity index is 770. The Morgan fingerprint density at radius 1 is 1.42 bits per heavy atom. The van der Waals surface area contributed by atoms with Crippen LogP contribution in [-0.4, -0.2) is 62.6 Å². The summed E-state index contributed by atoms with van der Waals surface area (Å²) >= 11 is 0. The van der Waals surface area contributed by atoms with Crippen molar-refractivity contribution in [1.82, 2.24) is 25.2 Å². The molecule has 1 fully saturated rings. The summed E-state index contributed by atoms with van der Waals surface area (Å²) in [7, 11) is 1.52. The highest BCUT2D eigenvalue weighted by molar-refractivity contribution is 5.89. The average Bonchev–Trinajstić information content (AvgIpc) is 3.33. The van der Waals surface area contributed by atoms with Crippen molar-refractivity contribution in [2.24, 2.45) is 5.92 Å². The molecule has 2 amide bonds. The van der Waals surface area contributed by atoms with Crippen LogP contribution < -0.4 is 5.32 Å². The number of furan rings is 1. The first kappa shape index (κ1) is 18.1. The summed E-state index contributed by atoms with van der Waals surface area (Å²) in [5, 5.41) is 20.7. The van der Waals surface area contributed by atoms with Crippen LogP contribution in [0.5, 0.6) is 0 Å². The van der Waals surface area contributed by atoms with Crippen molar-refractivity contribution >= 4 is 11.8 Å². The van der Waals surface area contributed by atoms with Crippen molar-refractivity contribution in [3.05, 3.63) is 24.6 Å². The minimum absolute atomic E-state index is 0.0864. The lowest BCUT2D eigenvalue weighted by Crippen LogP contribution is -2.48. The van der Waals surface area contributed by atoms with E-state index in [1.54, 1.807) is 24.6 Å². The van der Waals surface area contributed by atoms with Crippen LogP contribution in [0.1, 0.15) is 26.3 Å². The van der Waals surface area contributed by atoms with Crippen molar-refractivity contribution < 1.29 is 19.1 Å². The fourth-order valence-corrected chi connectivity index (χ4v) is 3.30. The number of amides is 2. The van der Waals surface area contributed by atoms with Gasteiger partial charge < -0.3 is 19.7 Å². The van der Waals surface area contributed by atoms with Gasteiger partial charge in [0.1, 0.15) is 17.8 Å². The number of aromatic nitrogens is 3. The van der Waals surface area contributed by atoms with Crippen molar-refractivity contribution in [1.29, 1.82) is 0 Å². The van der Waals surface area contributed by atoms with E-state index in [1.807, 2.05) is 13.8 Å². The molecular weight excluding hydrogens is 338 g/mol. The van der Waals surface area contributed by atoms with Gasteiger partial charge in [-0.25, -0.2) is 4.68 Å². The van der Waals surface area contributed by atoms with Crippen LogP contribution in [-0.2, 0) is 9.59 Å². The summed E-state index contributed by atoms with van der Waals surface area (Å²) in [4.78, 5) is 26.7. The first-order valence-electron chi connectivity index (χ1n) is 8.58. The predicted octanol–water partition coefficient (Wildman–Crippen LogP) is 0.443. The third kappa shape index (κ3) is 3.34. The maximum atomic E-state index is 13.2. The van der Waals surface area contributed by atoms with Crippen molar-refractivity contribution in [3.63, 3.8) is 0 Å². The number of aliphatic hydroxyl groups excluding tert-OH is 1. The normalized spacial score (nSPS) is 21.2. The summed E-state index contributed by atoms with van der Waals surface area (Å²) in [6.07, 6.45) is 2.70. The van der Waals surface area contributed by atoms with Crippen molar-refractivity contribution in [3.8, 4) is 11.5 Å². The molecule has 0 spiro atoms. The number of β-amino-alcohol motifs (C(OH)–C–C–N with tert-alkyl or cyclic N) is 1. The Labute approximate surface area is 151 Å². The summed E-state index contributed by atoms with van der Waals surface area (Å²) in [5.41, 5.74) is 0.526. The van der Waals surface area contributed by atoms with Gasteiger partial charge in [0.15, 0.2) is 5.76 Å². The fourth-order valence-electron chi connectivity index (χ4n) is 3.30. The van der Waals surface area contributed by atoms with Crippen LogP contribution >= 0.6 is 0 Å². The first-order chi connectivity index (χ1) is 12.4. The Morgan fingerprint density at radius 3 is 2.81 bits per heavy atom. The highest BCUT2D eigenvalue weighted by Gasteiger charge is 2.42. The van der Waals surface area contributed by atoms with E-state index in [1.165, 1.54) is 16.6 Å². The van der Waals surface area contributed by atoms with Crippen molar-refractivity contribution in [2.75, 3.05) is 13.6 Å². The smallest absolute Gasteiger partial charge is 0.248 e. The molecule has 3 atom stereocenters. The summed E-state index contributed by atoms with van der Waals surface area (Å²) in [5.74, 6) is -0.0731. The molecule has 0 aliphatic carbocycles. The number of aliphatic hydroxyl groups is 1. The number of nitrogens with zero attached hydrogens (tertiary/aromatic N) is 4. The zero-order valence-corrected chi connectivity index (χ0v) is 15.0. The van der Waals surface area contributed by atoms with Crippen LogP contribution in [0.4, 0.5) is 0 Å². The lowest BCUT2D eigenvalue weighted by Gasteiger charge is -2.29. The predicted molar refractivity (Wildman–Crippen MR) is 91.8 cm³/mol. The molecule has 0 radical (unpaired) electrons. The lowest BCUT2D eigenvalue weighted by atomic mass is 10.0. The van der Waals surface area contributed by atoms with Crippen LogP contribution in [0, 0.1) is 5.92 Å². The zero-order chi connectivity index (χ0) is 18.8. The monoisotopic (exact) mass is 361 g/mol. The molecule has 2 unspecified atom stereocenters. The van der Waals surface area contributed by atoms with Gasteiger partial charge in [-0.2, -0.15) is 0 Å². The number of likely N-dealkylation sites (tertiary alicyclic amines) is 1. The van der Waals surface area contributed by atoms with Crippen LogP contribution in [0.3, 0.4) is 0 Å². The summed E-state index contributed by atoms with van der Waals surface area (Å²) in [6.45, 7) is 3.93. The molecule has 1 aliphatic heterocycles. The highest BCUT2D eigenvalue weighted by Crippen LogP contribution is 2.27. The van der Waals surface area contributed by atoms with E-state index in [0.717, 1.165) is 0 Å². The van der Waals surface area contributed by atoms with E-state index in [-0.39, 0.29) is 30.7 Å². The van der Waals surface area contributed by atoms with E-state index < -0.39 is 18.2 Å². The second-order valence-corrected chi connectivity index (χ2v) is 6.76. The molecule has 26 heavy (non-hydrogen) atoms. The maximum Gasteiger partial charge on any atom is 0.248 e. The van der Waals surface area contributed by atoms with Crippen LogP contribution in [0.15, 0.2) is 29.0 Å². The molecule has 9 heteroatoms. The van der Waals surface area contributed by atoms with Crippen molar-refractivity contribution in [2.45, 2.75) is 38.5 Å². The van der Waals surface area contributed by atoms with Gasteiger partial charge in [0, 0.05) is 20.0 Å². The average molecular weight is 361 g/mol. The standard InChI is InChI=1S/C17H23N5O4/c1-10(2)15(22-9-12(19-20-22)14-5-4-6-26-14)17(25)21-8-11(23)7-13(21)16(24)18-3/h4-6,9-11,13,15,23H,7-8H2,1-3H3,(H,18,24)/t11?,13?,15-/m0/s1. The molecule has 0 aromatic carbocycles. The second kappa shape index (κ2) is 7.28. The Morgan fingerprint density at radius 2 is 2.19 bits per heavy atom. The van der Waals surface area contributed by atoms with Gasteiger partial charge in [-0.05, 0) is 18.1 Å². The van der Waals surface area contributed by atoms with Crippen LogP contribution in [0.2, 0.25) is 0 Å². The zero-order valence-electron chi connectivity index (χ0n) is 15.0. The number of carbonyl (C=O) groups excluding carboxylic acids is 2. The molecule has 1 saturated heterocycles. The molecule has 1 aliphatic rings. The van der Waals surface area contributed by atoms with Gasteiger partial charge in [-0.3, -0.25) is 9.59 Å². The molecule has 0 bridgehead atoms. The topological polar surface area (TPSA) is 113 Å². The summed E-state index contributed by atoms with van der Waals surface area (Å²) in [6, 6.07) is 2.19. The quantitative estimate of drug-likeness (QED) is 0.799. The third-order valence-electron chi connectivity index (χ3n) is 4.56. The van der Waals surface area contributed by atoms with Gasteiger partial charge in [0.2, 0.25) is 11.8 Å². The molecular formula is C17H23N5O4. The Balaban J connectivity index is 1.88. The number of carbonyl (C=O) groups is 2. The van der Waals surface area contributed by atoms with Gasteiger partial charge >= 0.3 is 0 Å². The van der Waals surface area contributed by atoms with E-state index in [0.29, 0.717) is 11.5 Å². The SMILES string of the molecule is CNC(=O)C1CC(O)CN1C(=O)[C@H](C(C)C)n1cc(-c2ccco2)nn1. The number of hydrogen-bond acceptors (Lipinski definition) is 6. The van der Waals surface area contributed by atoms with E-state index in [9.17, 15) is 14.7 Å². The lowest BCUT2D eigenvalue weighted by molar-refractivity contribution is -0.142. The minimum atomic E-state index is -0.719. The third-order valence-corrected chi connectivity index (χ3v) is 4.56. The number of likely N-dealkylation sites (N-methyl/N-ethyl adjacent to an activating group) is 1. The first-order valence-corrected chi connectivity index (χ1v) is 8.58. The maximum absolute atomic E-state index is 13.2. The number of hydrogen-bond donors (Lipinski definition) is 2. The van der Waals surface area contributed by atoms with Gasteiger partial charge in [-0.15, -0.1) is 5.10 Å². The molecule has 2 aromatic rings. The van der Waals surface area contributed by atoms with E-state index in [4.69, 9.17) is 4.42 Å². The number of nitrogens with one attached hydrogen (secondary N) is 1. The molecule has 3 rings (SSSR count). The Hall–Kier alpha value is -2.68. The molecule has 0 saturated carbocycles. The van der Waals surface area contributed by atoms with Gasteiger partial charge in [0.25, 0.3) is 0 Å². The van der Waals surface area contributed by atoms with E-state index >= 15 is 0 Å². The summed E-state index contributed by atoms with van der Waals surface area (Å²) < 4.78 is 6.81. The molecule has 140 valence electrons. The van der Waals surface area contributed by atoms with Gasteiger partial charge in [0.05, 0.1) is 18.6 Å². The molecule has 9 nitrogen and oxygen atoms in total. The van der Waals surface area contributed by atoms with Crippen LogP contribution in [0.25, 0.3) is 11.5 Å².